The first kappa shape index (κ1) is 31.6. The highest BCUT2D eigenvalue weighted by Gasteiger charge is 2.41. The Morgan fingerprint density at radius 2 is 1.67 bits per heavy atom. The number of amides is 2. The first-order valence-corrected chi connectivity index (χ1v) is 13.0. The molecule has 0 aliphatic carbocycles. The second-order valence-electron chi connectivity index (χ2n) is 10.8. The number of fused-ring (bicyclic) bond motifs is 1. The van der Waals surface area contributed by atoms with Crippen LogP contribution in [0, 0.1) is 17.5 Å². The number of ether oxygens (including phenoxy) is 2. The summed E-state index contributed by atoms with van der Waals surface area (Å²) < 4.78 is 94.4. The lowest BCUT2D eigenvalue weighted by Crippen LogP contribution is -2.45. The number of carbonyl (C=O) groups excluding carboxylic acids is 2. The Kier molecular flexibility index (Phi) is 8.87. The fraction of sp³-hybridized carbons (Fsp3) is 0.444. The fourth-order valence-electron chi connectivity index (χ4n) is 4.55. The number of imidazole rings is 1. The van der Waals surface area contributed by atoms with E-state index in [1.54, 1.807) is 20.8 Å². The average molecular weight is 615 g/mol. The number of hydrogen-bond donors (Lipinski definition) is 1. The van der Waals surface area contributed by atoms with E-state index < -0.39 is 65.9 Å². The largest absolute Gasteiger partial charge is 0.467 e. The normalized spacial score (nSPS) is 14.2. The topological polar surface area (TPSA) is 111 Å². The maximum Gasteiger partial charge on any atom is 0.449 e. The molecule has 1 unspecified atom stereocenters. The molecule has 1 aliphatic heterocycles. The van der Waals surface area contributed by atoms with Gasteiger partial charge in [-0.05, 0) is 38.8 Å². The zero-order valence-electron chi connectivity index (χ0n) is 23.6. The van der Waals surface area contributed by atoms with Gasteiger partial charge in [-0.1, -0.05) is 0 Å². The maximum absolute atomic E-state index is 14.4. The van der Waals surface area contributed by atoms with Gasteiger partial charge in [-0.3, -0.25) is 4.79 Å². The molecule has 2 aromatic heterocycles. The average Bonchev–Trinajstić information content (AvgIpc) is 3.30. The fourth-order valence-corrected chi connectivity index (χ4v) is 4.55. The predicted octanol–water partition coefficient (Wildman–Crippen LogP) is 4.65. The summed E-state index contributed by atoms with van der Waals surface area (Å²) in [4.78, 5) is 38.8. The number of rotatable bonds is 7. The van der Waals surface area contributed by atoms with Crippen LogP contribution in [0.2, 0.25) is 0 Å². The second-order valence-corrected chi connectivity index (χ2v) is 10.8. The molecule has 0 spiro atoms. The number of carbonyl (C=O) groups is 2. The number of hydrogen-bond acceptors (Lipinski definition) is 7. The minimum Gasteiger partial charge on any atom is -0.467 e. The molecule has 1 N–H and O–H groups in total. The summed E-state index contributed by atoms with van der Waals surface area (Å²) in [6.45, 7) is 4.12. The summed E-state index contributed by atoms with van der Waals surface area (Å²) in [6, 6.07) is -0.175. The molecule has 1 atom stereocenters. The third-order valence-corrected chi connectivity index (χ3v) is 6.39. The Morgan fingerprint density at radius 3 is 2.28 bits per heavy atom. The highest BCUT2D eigenvalue weighted by molar-refractivity contribution is 5.78. The number of methoxy groups -OCH3 is 1. The van der Waals surface area contributed by atoms with Gasteiger partial charge in [-0.15, -0.1) is 0 Å². The van der Waals surface area contributed by atoms with Crippen LogP contribution in [-0.2, 0) is 35.2 Å². The lowest BCUT2D eigenvalue weighted by molar-refractivity contribution is -0.148. The van der Waals surface area contributed by atoms with Crippen molar-refractivity contribution in [2.24, 2.45) is 0 Å². The Hall–Kier alpha value is -4.37. The van der Waals surface area contributed by atoms with Crippen molar-refractivity contribution >= 4 is 12.0 Å². The van der Waals surface area contributed by atoms with Gasteiger partial charge < -0.3 is 24.3 Å². The number of alkyl halides is 3. The predicted molar refractivity (Wildman–Crippen MR) is 138 cm³/mol. The second kappa shape index (κ2) is 12.1. The SMILES string of the molecule is COc1ncc(-c2nc(C(F)(F)F)n3c2CN(C(=O)CC(Cc2cc(F)c(F)cc2F)NC(=O)OC(C)(C)C)CC3)cn1. The van der Waals surface area contributed by atoms with E-state index in [2.05, 4.69) is 20.3 Å². The number of halogens is 6. The highest BCUT2D eigenvalue weighted by Crippen LogP contribution is 2.36. The molecule has 16 heteroatoms. The van der Waals surface area contributed by atoms with Crippen LogP contribution < -0.4 is 10.1 Å². The van der Waals surface area contributed by atoms with Gasteiger partial charge in [0.1, 0.15) is 11.4 Å². The molecule has 10 nitrogen and oxygen atoms in total. The zero-order valence-corrected chi connectivity index (χ0v) is 23.6. The molecule has 232 valence electrons. The summed E-state index contributed by atoms with van der Waals surface area (Å²) in [5.41, 5.74) is -1.08. The van der Waals surface area contributed by atoms with E-state index >= 15 is 0 Å². The Bertz CT molecular complexity index is 1500. The molecule has 3 heterocycles. The van der Waals surface area contributed by atoms with Crippen molar-refractivity contribution in [3.63, 3.8) is 0 Å². The lowest BCUT2D eigenvalue weighted by Gasteiger charge is -2.31. The Balaban J connectivity index is 1.61. The van der Waals surface area contributed by atoms with Gasteiger partial charge in [-0.2, -0.15) is 13.2 Å². The van der Waals surface area contributed by atoms with E-state index in [0.717, 1.165) is 4.57 Å². The van der Waals surface area contributed by atoms with Crippen molar-refractivity contribution in [2.45, 2.75) is 64.5 Å². The molecule has 0 saturated heterocycles. The Morgan fingerprint density at radius 1 is 1.02 bits per heavy atom. The molecule has 0 radical (unpaired) electrons. The standard InChI is InChI=1S/C27H28F6N6O4/c1-26(2,3)43-25(41)36-16(7-14-8-18(29)19(30)10-17(14)28)9-21(40)38-5-6-39-20(13-38)22(37-23(39)27(31,32)33)15-11-34-24(42-4)35-12-15/h8,10-12,16H,5-7,9,13H2,1-4H3,(H,36,41). The van der Waals surface area contributed by atoms with Gasteiger partial charge in [0.15, 0.2) is 11.6 Å². The molecule has 1 aromatic carbocycles. The third kappa shape index (κ3) is 7.53. The van der Waals surface area contributed by atoms with E-state index in [1.807, 2.05) is 0 Å². The van der Waals surface area contributed by atoms with Gasteiger partial charge in [0.2, 0.25) is 11.7 Å². The highest BCUT2D eigenvalue weighted by atomic mass is 19.4. The maximum atomic E-state index is 14.4. The van der Waals surface area contributed by atoms with Crippen LogP contribution in [0.3, 0.4) is 0 Å². The van der Waals surface area contributed by atoms with Gasteiger partial charge in [0.05, 0.1) is 25.0 Å². The molecule has 43 heavy (non-hydrogen) atoms. The van der Waals surface area contributed by atoms with Crippen LogP contribution in [0.25, 0.3) is 11.3 Å². The minimum atomic E-state index is -4.79. The van der Waals surface area contributed by atoms with E-state index in [1.165, 1.54) is 24.4 Å². The van der Waals surface area contributed by atoms with Crippen molar-refractivity contribution in [3.05, 3.63) is 59.1 Å². The lowest BCUT2D eigenvalue weighted by atomic mass is 10.0. The summed E-state index contributed by atoms with van der Waals surface area (Å²) in [6.07, 6.45) is -4.11. The molecule has 0 saturated carbocycles. The summed E-state index contributed by atoms with van der Waals surface area (Å²) >= 11 is 0. The van der Waals surface area contributed by atoms with Gasteiger partial charge >= 0.3 is 18.3 Å². The van der Waals surface area contributed by atoms with Gasteiger partial charge in [0, 0.05) is 49.6 Å². The van der Waals surface area contributed by atoms with Crippen LogP contribution in [0.5, 0.6) is 6.01 Å². The van der Waals surface area contributed by atoms with Crippen LogP contribution in [0.15, 0.2) is 24.5 Å². The third-order valence-electron chi connectivity index (χ3n) is 6.39. The molecular weight excluding hydrogens is 586 g/mol. The summed E-state index contributed by atoms with van der Waals surface area (Å²) in [5, 5.41) is 2.46. The van der Waals surface area contributed by atoms with Crippen molar-refractivity contribution in [1.82, 2.24) is 29.7 Å². The van der Waals surface area contributed by atoms with Crippen LogP contribution in [0.4, 0.5) is 31.1 Å². The Labute approximate surface area is 242 Å². The van der Waals surface area contributed by atoms with Crippen LogP contribution >= 0.6 is 0 Å². The van der Waals surface area contributed by atoms with Crippen molar-refractivity contribution < 1.29 is 45.4 Å². The minimum absolute atomic E-state index is 0.00863. The van der Waals surface area contributed by atoms with E-state index in [0.29, 0.717) is 12.1 Å². The monoisotopic (exact) mass is 614 g/mol. The molecule has 0 bridgehead atoms. The van der Waals surface area contributed by atoms with Crippen molar-refractivity contribution in [1.29, 1.82) is 0 Å². The molecule has 2 amide bonds. The van der Waals surface area contributed by atoms with Gasteiger partial charge in [0.25, 0.3) is 0 Å². The number of aromatic nitrogens is 4. The number of nitrogens with one attached hydrogen (secondary N) is 1. The summed E-state index contributed by atoms with van der Waals surface area (Å²) in [7, 11) is 1.32. The molecule has 3 aromatic rings. The van der Waals surface area contributed by atoms with Crippen molar-refractivity contribution in [3.8, 4) is 17.3 Å². The summed E-state index contributed by atoms with van der Waals surface area (Å²) in [5.74, 6) is -5.58. The number of alkyl carbamates (subject to hydrolysis) is 1. The smallest absolute Gasteiger partial charge is 0.449 e. The van der Waals surface area contributed by atoms with Crippen LogP contribution in [0.1, 0.15) is 44.3 Å². The molecule has 0 fully saturated rings. The van der Waals surface area contributed by atoms with E-state index in [4.69, 9.17) is 9.47 Å². The zero-order chi connectivity index (χ0) is 31.7. The molecular formula is C27H28F6N6O4. The first-order valence-electron chi connectivity index (χ1n) is 13.0. The molecule has 1 aliphatic rings. The van der Waals surface area contributed by atoms with Gasteiger partial charge in [-0.25, -0.2) is 32.9 Å². The van der Waals surface area contributed by atoms with E-state index in [9.17, 15) is 35.9 Å². The first-order chi connectivity index (χ1) is 20.1. The number of benzene rings is 1. The van der Waals surface area contributed by atoms with Crippen molar-refractivity contribution in [2.75, 3.05) is 13.7 Å². The number of nitrogens with zero attached hydrogens (tertiary/aromatic N) is 5. The molecule has 4 rings (SSSR count). The van der Waals surface area contributed by atoms with E-state index in [-0.39, 0.29) is 48.2 Å². The quantitative estimate of drug-likeness (QED) is 0.305. The van der Waals surface area contributed by atoms with Crippen LogP contribution in [-0.4, -0.2) is 61.7 Å².